The van der Waals surface area contributed by atoms with Crippen molar-refractivity contribution >= 4 is 11.7 Å². The molecule has 0 fully saturated rings. The summed E-state index contributed by atoms with van der Waals surface area (Å²) in [5.41, 5.74) is 1.92. The van der Waals surface area contributed by atoms with Gasteiger partial charge in [0.05, 0.1) is 5.69 Å². The largest absolute Gasteiger partial charge is 0.478 e. The predicted octanol–water partition coefficient (Wildman–Crippen LogP) is 2.94. The Morgan fingerprint density at radius 2 is 2.12 bits per heavy atom. The van der Waals surface area contributed by atoms with E-state index in [1.807, 2.05) is 6.92 Å². The summed E-state index contributed by atoms with van der Waals surface area (Å²) < 4.78 is 0. The van der Waals surface area contributed by atoms with Gasteiger partial charge in [-0.05, 0) is 24.8 Å². The molecule has 0 saturated heterocycles. The normalized spacial score (nSPS) is 11.3. The average Bonchev–Trinajstić information content (AvgIpc) is 2.15. The molecule has 0 aliphatic rings. The molecule has 0 aliphatic heterocycles. The van der Waals surface area contributed by atoms with E-state index >= 15 is 0 Å². The Bertz CT molecular complexity index is 408. The second kappa shape index (κ2) is 5.17. The Kier molecular flexibility index (Phi) is 4.10. The van der Waals surface area contributed by atoms with Gasteiger partial charge in [0.2, 0.25) is 0 Å². The first kappa shape index (κ1) is 13.5. The molecule has 2 N–H and O–H groups in total. The maximum Gasteiger partial charge on any atom is 0.339 e. The number of carbonyl (C=O) groups is 1. The summed E-state index contributed by atoms with van der Waals surface area (Å²) in [5, 5.41) is 12.2. The number of aromatic carboxylic acids is 1. The molecule has 0 bridgehead atoms. The molecule has 94 valence electrons. The van der Waals surface area contributed by atoms with E-state index in [0.29, 0.717) is 5.69 Å². The molecule has 0 atom stereocenters. The Hall–Kier alpha value is -1.58. The number of nitrogens with zero attached hydrogens (tertiary/aromatic N) is 1. The number of hydrogen-bond donors (Lipinski definition) is 2. The highest BCUT2D eigenvalue weighted by atomic mass is 16.4. The van der Waals surface area contributed by atoms with Gasteiger partial charge in [0.15, 0.2) is 0 Å². The van der Waals surface area contributed by atoms with E-state index < -0.39 is 5.97 Å². The summed E-state index contributed by atoms with van der Waals surface area (Å²) in [6.45, 7) is 9.08. The van der Waals surface area contributed by atoms with Crippen LogP contribution in [0.1, 0.15) is 43.2 Å². The molecule has 4 nitrogen and oxygen atoms in total. The molecule has 0 aromatic carbocycles. The van der Waals surface area contributed by atoms with Gasteiger partial charge in [-0.1, -0.05) is 20.8 Å². The van der Waals surface area contributed by atoms with E-state index in [0.717, 1.165) is 18.7 Å². The van der Waals surface area contributed by atoms with Gasteiger partial charge in [0.1, 0.15) is 5.56 Å². The number of rotatable bonds is 4. The van der Waals surface area contributed by atoms with Crippen LogP contribution in [-0.2, 0) is 0 Å². The van der Waals surface area contributed by atoms with Crippen LogP contribution in [0.25, 0.3) is 0 Å². The number of nitrogens with one attached hydrogen (secondary N) is 1. The molecule has 17 heavy (non-hydrogen) atoms. The maximum atomic E-state index is 11.0. The number of anilines is 1. The van der Waals surface area contributed by atoms with Crippen LogP contribution < -0.4 is 5.32 Å². The van der Waals surface area contributed by atoms with Crippen molar-refractivity contribution in [2.45, 2.75) is 34.1 Å². The molecule has 0 aliphatic carbocycles. The van der Waals surface area contributed by atoms with Gasteiger partial charge in [-0.3, -0.25) is 4.98 Å². The molecule has 1 aromatic heterocycles. The number of hydrogen-bond acceptors (Lipinski definition) is 3. The van der Waals surface area contributed by atoms with Crippen molar-refractivity contribution in [3.63, 3.8) is 0 Å². The van der Waals surface area contributed by atoms with Crippen molar-refractivity contribution in [3.8, 4) is 0 Å². The summed E-state index contributed by atoms with van der Waals surface area (Å²) in [7, 11) is 0. The lowest BCUT2D eigenvalue weighted by atomic mass is 9.92. The molecule has 0 unspecified atom stereocenters. The average molecular weight is 236 g/mol. The second-order valence-corrected chi connectivity index (χ2v) is 5.41. The quantitative estimate of drug-likeness (QED) is 0.843. The zero-order chi connectivity index (χ0) is 13.1. The molecule has 1 heterocycles. The van der Waals surface area contributed by atoms with Gasteiger partial charge in [0.25, 0.3) is 0 Å². The SMILES string of the molecule is Cc1cc(NCCC(C)(C)C)c(C(=O)O)cn1. The van der Waals surface area contributed by atoms with Crippen LogP contribution in [0.3, 0.4) is 0 Å². The van der Waals surface area contributed by atoms with Crippen LogP contribution in [0, 0.1) is 12.3 Å². The van der Waals surface area contributed by atoms with E-state index in [9.17, 15) is 4.79 Å². The van der Waals surface area contributed by atoms with Gasteiger partial charge < -0.3 is 10.4 Å². The van der Waals surface area contributed by atoms with E-state index in [1.54, 1.807) is 6.07 Å². The molecule has 4 heteroatoms. The first-order valence-corrected chi connectivity index (χ1v) is 5.73. The zero-order valence-corrected chi connectivity index (χ0v) is 10.9. The number of carboxylic acid groups (broad SMARTS) is 1. The fraction of sp³-hybridized carbons (Fsp3) is 0.538. The first-order chi connectivity index (χ1) is 7.79. The number of pyridine rings is 1. The van der Waals surface area contributed by atoms with Crippen molar-refractivity contribution < 1.29 is 9.90 Å². The van der Waals surface area contributed by atoms with Crippen LogP contribution in [0.15, 0.2) is 12.3 Å². The third-order valence-corrected chi connectivity index (χ3v) is 2.46. The lowest BCUT2D eigenvalue weighted by Crippen LogP contribution is -2.15. The van der Waals surface area contributed by atoms with Crippen LogP contribution >= 0.6 is 0 Å². The van der Waals surface area contributed by atoms with Crippen molar-refractivity contribution in [3.05, 3.63) is 23.5 Å². The number of aryl methyl sites for hydroxylation is 1. The number of aromatic nitrogens is 1. The maximum absolute atomic E-state index is 11.0. The van der Waals surface area contributed by atoms with E-state index in [1.165, 1.54) is 6.20 Å². The predicted molar refractivity (Wildman–Crippen MR) is 68.5 cm³/mol. The second-order valence-electron chi connectivity index (χ2n) is 5.41. The van der Waals surface area contributed by atoms with Crippen molar-refractivity contribution in [1.82, 2.24) is 4.98 Å². The molecular formula is C13H20N2O2. The molecule has 0 saturated carbocycles. The van der Waals surface area contributed by atoms with Crippen molar-refractivity contribution in [2.75, 3.05) is 11.9 Å². The molecule has 1 aromatic rings. The van der Waals surface area contributed by atoms with E-state index in [-0.39, 0.29) is 11.0 Å². The molecular weight excluding hydrogens is 216 g/mol. The minimum Gasteiger partial charge on any atom is -0.478 e. The van der Waals surface area contributed by atoms with Gasteiger partial charge in [-0.15, -0.1) is 0 Å². The van der Waals surface area contributed by atoms with E-state index in [4.69, 9.17) is 5.11 Å². The Morgan fingerprint density at radius 3 is 2.65 bits per heavy atom. The van der Waals surface area contributed by atoms with Crippen molar-refractivity contribution in [2.24, 2.45) is 5.41 Å². The summed E-state index contributed by atoms with van der Waals surface area (Å²) >= 11 is 0. The van der Waals surface area contributed by atoms with Gasteiger partial charge in [0, 0.05) is 18.4 Å². The minimum atomic E-state index is -0.948. The van der Waals surface area contributed by atoms with Gasteiger partial charge in [-0.25, -0.2) is 4.79 Å². The minimum absolute atomic E-state index is 0.226. The zero-order valence-electron chi connectivity index (χ0n) is 10.9. The van der Waals surface area contributed by atoms with Crippen LogP contribution in [0.4, 0.5) is 5.69 Å². The lowest BCUT2D eigenvalue weighted by Gasteiger charge is -2.19. The smallest absolute Gasteiger partial charge is 0.339 e. The van der Waals surface area contributed by atoms with Gasteiger partial charge in [-0.2, -0.15) is 0 Å². The fourth-order valence-electron chi connectivity index (χ4n) is 1.45. The molecule has 1 rings (SSSR count). The first-order valence-electron chi connectivity index (χ1n) is 5.73. The summed E-state index contributed by atoms with van der Waals surface area (Å²) in [4.78, 5) is 15.0. The lowest BCUT2D eigenvalue weighted by molar-refractivity contribution is 0.0697. The van der Waals surface area contributed by atoms with Crippen LogP contribution in [0.2, 0.25) is 0 Å². The molecule has 0 spiro atoms. The number of carboxylic acids is 1. The van der Waals surface area contributed by atoms with Crippen LogP contribution in [-0.4, -0.2) is 22.6 Å². The monoisotopic (exact) mass is 236 g/mol. The topological polar surface area (TPSA) is 62.2 Å². The highest BCUT2D eigenvalue weighted by Gasteiger charge is 2.13. The third kappa shape index (κ3) is 4.43. The summed E-state index contributed by atoms with van der Waals surface area (Å²) in [5.74, 6) is -0.948. The van der Waals surface area contributed by atoms with E-state index in [2.05, 4.69) is 31.1 Å². The third-order valence-electron chi connectivity index (χ3n) is 2.46. The standard InChI is InChI=1S/C13H20N2O2/c1-9-7-11(10(8-15-9)12(16)17)14-6-5-13(2,3)4/h7-8H,5-6H2,1-4H3,(H,14,15)(H,16,17). The van der Waals surface area contributed by atoms with Crippen molar-refractivity contribution in [1.29, 1.82) is 0 Å². The molecule has 0 amide bonds. The fourth-order valence-corrected chi connectivity index (χ4v) is 1.45. The summed E-state index contributed by atoms with van der Waals surface area (Å²) in [6, 6.07) is 1.77. The van der Waals surface area contributed by atoms with Crippen LogP contribution in [0.5, 0.6) is 0 Å². The highest BCUT2D eigenvalue weighted by Crippen LogP contribution is 2.20. The Balaban J connectivity index is 2.75. The Labute approximate surface area is 102 Å². The highest BCUT2D eigenvalue weighted by molar-refractivity contribution is 5.93. The summed E-state index contributed by atoms with van der Waals surface area (Å²) in [6.07, 6.45) is 2.38. The molecule has 0 radical (unpaired) electrons. The van der Waals surface area contributed by atoms with Gasteiger partial charge >= 0.3 is 5.97 Å². The Morgan fingerprint density at radius 1 is 1.47 bits per heavy atom.